The Hall–Kier alpha value is -5.10. The van der Waals surface area contributed by atoms with Crippen molar-refractivity contribution in [1.29, 1.82) is 0 Å². The van der Waals surface area contributed by atoms with Gasteiger partial charge in [0.05, 0.1) is 11.4 Å². The molecule has 8 N–H and O–H groups in total. The van der Waals surface area contributed by atoms with Crippen molar-refractivity contribution in [3.05, 3.63) is 124 Å². The molecule has 0 spiro atoms. The number of amides is 1. The van der Waals surface area contributed by atoms with Gasteiger partial charge in [0.25, 0.3) is 5.56 Å². The lowest BCUT2D eigenvalue weighted by atomic mass is 10.1. The average molecular weight is 588 g/mol. The van der Waals surface area contributed by atoms with Crippen LogP contribution >= 0.6 is 0 Å². The summed E-state index contributed by atoms with van der Waals surface area (Å²) in [5, 5.41) is 2.84. The first kappa shape index (κ1) is 29.9. The maximum Gasteiger partial charge on any atom is 0.275 e. The summed E-state index contributed by atoms with van der Waals surface area (Å²) in [5.41, 5.74) is 19.8. The number of hydrogen-bond donors (Lipinski definition) is 5. The van der Waals surface area contributed by atoms with Crippen LogP contribution in [0.25, 0.3) is 0 Å². The highest BCUT2D eigenvalue weighted by Crippen LogP contribution is 2.19. The second-order valence-corrected chi connectivity index (χ2v) is 11.5. The van der Waals surface area contributed by atoms with Gasteiger partial charge in [-0.1, -0.05) is 54.6 Å². The second kappa shape index (κ2) is 13.0. The Bertz CT molecular complexity index is 1730. The molecule has 1 aromatic heterocycles. The predicted molar refractivity (Wildman–Crippen MR) is 166 cm³/mol. The number of carbonyl (C=O) groups excluding carboxylic acids is 1. The quantitative estimate of drug-likeness (QED) is 0.101. The number of pyridine rings is 1. The van der Waals surface area contributed by atoms with Gasteiger partial charge in [0, 0.05) is 24.3 Å². The summed E-state index contributed by atoms with van der Waals surface area (Å²) in [6, 6.07) is 24.9. The van der Waals surface area contributed by atoms with Gasteiger partial charge in [-0.3, -0.25) is 18.9 Å². The minimum atomic E-state index is -3.91. The Kier molecular flexibility index (Phi) is 9.28. The molecule has 0 radical (unpaired) electrons. The fraction of sp³-hybridized carbons (Fsp3) is 0.167. The van der Waals surface area contributed by atoms with Gasteiger partial charge in [0.1, 0.15) is 11.7 Å². The maximum atomic E-state index is 13.7. The Morgan fingerprint density at radius 2 is 1.52 bits per heavy atom. The summed E-state index contributed by atoms with van der Waals surface area (Å²) in [6.45, 7) is 1.78. The number of nitrogens with one attached hydrogen (secondary N) is 2. The zero-order chi connectivity index (χ0) is 30.3. The maximum absolute atomic E-state index is 13.7. The molecular weight excluding hydrogens is 554 g/mol. The van der Waals surface area contributed by atoms with Crippen LogP contribution in [-0.4, -0.2) is 24.9 Å². The fourth-order valence-corrected chi connectivity index (χ4v) is 5.57. The van der Waals surface area contributed by atoms with E-state index >= 15 is 0 Å². The van der Waals surface area contributed by atoms with Crippen molar-refractivity contribution in [2.75, 3.05) is 10.5 Å². The molecule has 0 aliphatic rings. The first-order valence-electron chi connectivity index (χ1n) is 13.1. The van der Waals surface area contributed by atoms with Gasteiger partial charge in [-0.05, 0) is 60.0 Å². The number of sulfonamides is 1. The van der Waals surface area contributed by atoms with E-state index in [2.05, 4.69) is 15.0 Å². The number of hydrogen-bond acceptors (Lipinski definition) is 6. The molecule has 3 aromatic carbocycles. The van der Waals surface area contributed by atoms with Crippen molar-refractivity contribution < 1.29 is 13.2 Å². The summed E-state index contributed by atoms with van der Waals surface area (Å²) in [6.07, 6.45) is 0.316. The number of rotatable bonds is 11. The molecule has 0 aliphatic heterocycles. The molecule has 4 rings (SSSR count). The van der Waals surface area contributed by atoms with Crippen molar-refractivity contribution in [2.24, 2.45) is 16.5 Å². The lowest BCUT2D eigenvalue weighted by Crippen LogP contribution is -2.38. The Labute approximate surface area is 244 Å². The molecule has 0 saturated heterocycles. The minimum Gasteiger partial charge on any atom is -0.399 e. The number of aliphatic imine (C=N–C) groups is 1. The highest BCUT2D eigenvalue weighted by atomic mass is 32.2. The van der Waals surface area contributed by atoms with E-state index in [0.29, 0.717) is 29.1 Å². The third-order valence-electron chi connectivity index (χ3n) is 6.46. The molecule has 11 nitrogen and oxygen atoms in total. The van der Waals surface area contributed by atoms with Gasteiger partial charge >= 0.3 is 0 Å². The zero-order valence-electron chi connectivity index (χ0n) is 23.0. The van der Waals surface area contributed by atoms with Crippen LogP contribution in [0.1, 0.15) is 35.3 Å². The molecule has 218 valence electrons. The van der Waals surface area contributed by atoms with E-state index in [4.69, 9.17) is 17.2 Å². The van der Waals surface area contributed by atoms with E-state index in [1.54, 1.807) is 79.7 Å². The molecule has 4 aromatic rings. The van der Waals surface area contributed by atoms with Crippen molar-refractivity contribution in [2.45, 2.75) is 31.7 Å². The van der Waals surface area contributed by atoms with Crippen LogP contribution < -0.4 is 32.8 Å². The Morgan fingerprint density at radius 1 is 0.881 bits per heavy atom. The summed E-state index contributed by atoms with van der Waals surface area (Å²) < 4.78 is 29.5. The van der Waals surface area contributed by atoms with Crippen LogP contribution in [0.2, 0.25) is 0 Å². The summed E-state index contributed by atoms with van der Waals surface area (Å²) >= 11 is 0. The van der Waals surface area contributed by atoms with E-state index in [0.717, 1.165) is 11.1 Å². The van der Waals surface area contributed by atoms with E-state index in [9.17, 15) is 18.0 Å². The van der Waals surface area contributed by atoms with Gasteiger partial charge in [-0.15, -0.1) is 0 Å². The number of benzene rings is 3. The van der Waals surface area contributed by atoms with Crippen molar-refractivity contribution in [3.63, 3.8) is 0 Å². The van der Waals surface area contributed by atoms with E-state index in [1.165, 1.54) is 10.6 Å². The first-order chi connectivity index (χ1) is 20.0. The molecule has 1 heterocycles. The van der Waals surface area contributed by atoms with E-state index in [-0.39, 0.29) is 23.9 Å². The highest BCUT2D eigenvalue weighted by molar-refractivity contribution is 7.91. The van der Waals surface area contributed by atoms with Crippen LogP contribution in [-0.2, 0) is 33.5 Å². The molecule has 12 heteroatoms. The van der Waals surface area contributed by atoms with Crippen molar-refractivity contribution in [1.82, 2.24) is 9.88 Å². The van der Waals surface area contributed by atoms with Crippen LogP contribution in [0.3, 0.4) is 0 Å². The molecule has 0 fully saturated rings. The van der Waals surface area contributed by atoms with Crippen molar-refractivity contribution >= 4 is 39.0 Å². The molecule has 42 heavy (non-hydrogen) atoms. The van der Waals surface area contributed by atoms with Gasteiger partial charge in [0.2, 0.25) is 15.9 Å². The molecule has 1 atom stereocenters. The highest BCUT2D eigenvalue weighted by Gasteiger charge is 2.23. The number of aromatic nitrogens is 1. The summed E-state index contributed by atoms with van der Waals surface area (Å²) in [5.74, 6) is -0.790. The normalized spacial score (nSPS) is 11.8. The fourth-order valence-electron chi connectivity index (χ4n) is 4.37. The molecule has 0 aliphatic carbocycles. The third kappa shape index (κ3) is 7.98. The number of nitrogen functional groups attached to an aromatic ring is 1. The van der Waals surface area contributed by atoms with Crippen molar-refractivity contribution in [3.8, 4) is 0 Å². The smallest absolute Gasteiger partial charge is 0.275 e. The molecule has 0 saturated carbocycles. The molecular formula is C30H33N7O4S. The minimum absolute atomic E-state index is 0.0605. The van der Waals surface area contributed by atoms with Gasteiger partial charge < -0.3 is 22.5 Å². The van der Waals surface area contributed by atoms with E-state index < -0.39 is 27.5 Å². The van der Waals surface area contributed by atoms with Gasteiger partial charge in [0.15, 0.2) is 5.96 Å². The summed E-state index contributed by atoms with van der Waals surface area (Å²) in [7, 11) is -3.91. The number of carbonyl (C=O) groups is 1. The molecule has 1 unspecified atom stereocenters. The van der Waals surface area contributed by atoms with E-state index in [1.807, 2.05) is 12.1 Å². The number of nitrogens with two attached hydrogens (primary N) is 3. The third-order valence-corrected chi connectivity index (χ3v) is 7.70. The number of nitrogens with zero attached hydrogens (tertiary/aromatic N) is 2. The van der Waals surface area contributed by atoms with Crippen LogP contribution in [0.4, 0.5) is 17.1 Å². The SMILES string of the molecule is CC(C(=O)NCc1ccc(N=C(N)N)cc1)n1c(Cc2ccc(N)cc2)ccc(NS(=O)(=O)Cc2ccccc2)c1=O. The Balaban J connectivity index is 1.60. The van der Waals surface area contributed by atoms with Crippen LogP contribution in [0, 0.1) is 0 Å². The number of guanidine groups is 1. The average Bonchev–Trinajstić information content (AvgIpc) is 2.95. The lowest BCUT2D eigenvalue weighted by Gasteiger charge is -2.21. The van der Waals surface area contributed by atoms with Crippen LogP contribution in [0.5, 0.6) is 0 Å². The Morgan fingerprint density at radius 3 is 2.17 bits per heavy atom. The molecule has 0 bridgehead atoms. The first-order valence-corrected chi connectivity index (χ1v) is 14.8. The monoisotopic (exact) mass is 587 g/mol. The lowest BCUT2D eigenvalue weighted by molar-refractivity contribution is -0.124. The number of anilines is 2. The second-order valence-electron chi connectivity index (χ2n) is 9.78. The van der Waals surface area contributed by atoms with Gasteiger partial charge in [-0.2, -0.15) is 0 Å². The summed E-state index contributed by atoms with van der Waals surface area (Å²) in [4.78, 5) is 31.0. The predicted octanol–water partition coefficient (Wildman–Crippen LogP) is 2.75. The largest absolute Gasteiger partial charge is 0.399 e. The zero-order valence-corrected chi connectivity index (χ0v) is 23.8. The van der Waals surface area contributed by atoms with Crippen LogP contribution in [0.15, 0.2) is 101 Å². The van der Waals surface area contributed by atoms with Gasteiger partial charge in [-0.25, -0.2) is 13.4 Å². The molecule has 1 amide bonds. The standard InChI is InChI=1S/C30H33N7O4S/c1-20(28(38)34-18-22-9-13-25(14-10-22)35-30(32)33)37-26(17-21-7-11-24(31)12-8-21)15-16-27(29(37)39)36-42(40,41)19-23-5-3-2-4-6-23/h2-16,20,36H,17-19,31H2,1H3,(H,34,38)(H4,32,33,35). The topological polar surface area (TPSA) is 188 Å².